The van der Waals surface area contributed by atoms with Crippen LogP contribution in [0.25, 0.3) is 0 Å². The van der Waals surface area contributed by atoms with Gasteiger partial charge in [0.15, 0.2) is 5.78 Å². The van der Waals surface area contributed by atoms with Gasteiger partial charge in [-0.1, -0.05) is 49.7 Å². The van der Waals surface area contributed by atoms with Crippen molar-refractivity contribution in [3.05, 3.63) is 70.4 Å². The molecule has 0 fully saturated rings. The number of allylic oxidation sites excluding steroid dienone is 1. The van der Waals surface area contributed by atoms with Gasteiger partial charge in [0.05, 0.1) is 17.4 Å². The lowest BCUT2D eigenvalue weighted by atomic mass is 9.73. The van der Waals surface area contributed by atoms with E-state index in [4.69, 9.17) is 11.6 Å². The molecule has 1 unspecified atom stereocenters. The SMILES string of the molecule is CC(=O)N1c2ccccc2NC2=C(C(=O)CC(C)(C)C2)C1c1cccc(Cl)c1. The number of hydrogen-bond acceptors (Lipinski definition) is 3. The minimum atomic E-state index is -0.508. The summed E-state index contributed by atoms with van der Waals surface area (Å²) in [6.07, 6.45) is 1.19. The van der Waals surface area contributed by atoms with Crippen LogP contribution in [0.2, 0.25) is 5.02 Å². The number of halogens is 1. The number of hydrogen-bond donors (Lipinski definition) is 1. The molecular formula is C23H23ClN2O2. The number of Topliss-reactive ketones (excluding diaryl/α,β-unsaturated/α-hetero) is 1. The van der Waals surface area contributed by atoms with Crippen molar-refractivity contribution in [1.82, 2.24) is 0 Å². The van der Waals surface area contributed by atoms with Gasteiger partial charge in [-0.25, -0.2) is 0 Å². The van der Waals surface area contributed by atoms with Gasteiger partial charge in [-0.3, -0.25) is 14.5 Å². The Balaban J connectivity index is 2.02. The highest BCUT2D eigenvalue weighted by atomic mass is 35.5. The lowest BCUT2D eigenvalue weighted by molar-refractivity contribution is -0.118. The summed E-state index contributed by atoms with van der Waals surface area (Å²) in [6.45, 7) is 5.74. The fraction of sp³-hybridized carbons (Fsp3) is 0.304. The lowest BCUT2D eigenvalue weighted by Crippen LogP contribution is -2.38. The molecule has 4 rings (SSSR count). The first-order valence-corrected chi connectivity index (χ1v) is 9.82. The Morgan fingerprint density at radius 3 is 2.61 bits per heavy atom. The van der Waals surface area contributed by atoms with E-state index >= 15 is 0 Å². The summed E-state index contributed by atoms with van der Waals surface area (Å²) >= 11 is 6.27. The average Bonchev–Trinajstić information content (AvgIpc) is 2.74. The number of carbonyl (C=O) groups is 2. The molecule has 144 valence electrons. The number of amides is 1. The number of anilines is 2. The topological polar surface area (TPSA) is 49.4 Å². The average molecular weight is 395 g/mol. The van der Waals surface area contributed by atoms with Crippen LogP contribution in [0.5, 0.6) is 0 Å². The molecule has 1 aliphatic carbocycles. The third kappa shape index (κ3) is 3.22. The molecule has 0 saturated heterocycles. The van der Waals surface area contributed by atoms with Crippen LogP contribution in [0, 0.1) is 5.41 Å². The van der Waals surface area contributed by atoms with Crippen LogP contribution in [0.3, 0.4) is 0 Å². The minimum Gasteiger partial charge on any atom is -0.357 e. The van der Waals surface area contributed by atoms with Crippen molar-refractivity contribution in [3.8, 4) is 0 Å². The van der Waals surface area contributed by atoms with Gasteiger partial charge in [0.25, 0.3) is 0 Å². The van der Waals surface area contributed by atoms with E-state index in [1.165, 1.54) is 6.92 Å². The molecule has 0 aromatic heterocycles. The molecule has 2 aliphatic rings. The third-order valence-corrected chi connectivity index (χ3v) is 5.64. The number of rotatable bonds is 1. The molecule has 2 aromatic rings. The summed E-state index contributed by atoms with van der Waals surface area (Å²) in [5.41, 5.74) is 3.85. The Kier molecular flexibility index (Phi) is 4.54. The Bertz CT molecular complexity index is 1010. The van der Waals surface area contributed by atoms with Crippen LogP contribution in [-0.2, 0) is 9.59 Å². The standard InChI is InChI=1S/C23H23ClN2O2/c1-14(27)26-19-10-5-4-9-17(19)25-18-12-23(2,3)13-20(28)21(18)22(26)15-7-6-8-16(24)11-15/h4-11,22,25H,12-13H2,1-3H3. The van der Waals surface area contributed by atoms with Crippen molar-refractivity contribution < 1.29 is 9.59 Å². The van der Waals surface area contributed by atoms with E-state index < -0.39 is 6.04 Å². The van der Waals surface area contributed by atoms with E-state index in [1.807, 2.05) is 42.5 Å². The zero-order valence-electron chi connectivity index (χ0n) is 16.3. The van der Waals surface area contributed by atoms with Crippen LogP contribution in [0.4, 0.5) is 11.4 Å². The molecule has 4 nitrogen and oxygen atoms in total. The van der Waals surface area contributed by atoms with Gasteiger partial charge in [0, 0.05) is 29.6 Å². The number of benzene rings is 2. The van der Waals surface area contributed by atoms with Gasteiger partial charge < -0.3 is 5.32 Å². The number of nitrogens with zero attached hydrogens (tertiary/aromatic N) is 1. The maximum absolute atomic E-state index is 13.3. The zero-order chi connectivity index (χ0) is 20.1. The molecule has 0 saturated carbocycles. The number of nitrogens with one attached hydrogen (secondary N) is 1. The molecule has 5 heteroatoms. The summed E-state index contributed by atoms with van der Waals surface area (Å²) in [7, 11) is 0. The first kappa shape index (κ1) is 18.8. The molecule has 1 heterocycles. The lowest BCUT2D eigenvalue weighted by Gasteiger charge is -2.36. The van der Waals surface area contributed by atoms with Gasteiger partial charge in [-0.15, -0.1) is 0 Å². The van der Waals surface area contributed by atoms with Gasteiger partial charge in [0.2, 0.25) is 5.91 Å². The largest absolute Gasteiger partial charge is 0.357 e. The number of carbonyl (C=O) groups excluding carboxylic acids is 2. The van der Waals surface area contributed by atoms with E-state index in [1.54, 1.807) is 11.0 Å². The normalized spacial score (nSPS) is 20.8. The van der Waals surface area contributed by atoms with Crippen molar-refractivity contribution in [2.45, 2.75) is 39.7 Å². The van der Waals surface area contributed by atoms with Crippen molar-refractivity contribution in [2.75, 3.05) is 10.2 Å². The Hall–Kier alpha value is -2.59. The molecule has 0 bridgehead atoms. The van der Waals surface area contributed by atoms with E-state index in [0.717, 1.165) is 29.1 Å². The Labute approximate surface area is 170 Å². The van der Waals surface area contributed by atoms with E-state index in [2.05, 4.69) is 19.2 Å². The van der Waals surface area contributed by atoms with Crippen LogP contribution in [0.1, 0.15) is 45.2 Å². The van der Waals surface area contributed by atoms with Crippen molar-refractivity contribution in [1.29, 1.82) is 0 Å². The highest BCUT2D eigenvalue weighted by Gasteiger charge is 2.42. The monoisotopic (exact) mass is 394 g/mol. The van der Waals surface area contributed by atoms with E-state index in [-0.39, 0.29) is 17.1 Å². The molecule has 2 aromatic carbocycles. The number of ketones is 1. The molecule has 1 N–H and O–H groups in total. The highest BCUT2D eigenvalue weighted by molar-refractivity contribution is 6.30. The Morgan fingerprint density at radius 2 is 1.89 bits per heavy atom. The van der Waals surface area contributed by atoms with Crippen LogP contribution < -0.4 is 10.2 Å². The molecule has 0 spiro atoms. The Morgan fingerprint density at radius 1 is 1.14 bits per heavy atom. The van der Waals surface area contributed by atoms with Crippen molar-refractivity contribution in [2.24, 2.45) is 5.41 Å². The second kappa shape index (κ2) is 6.78. The maximum atomic E-state index is 13.3. The van der Waals surface area contributed by atoms with Gasteiger partial charge in [-0.05, 0) is 41.7 Å². The van der Waals surface area contributed by atoms with Crippen molar-refractivity contribution >= 4 is 34.7 Å². The fourth-order valence-electron chi connectivity index (χ4n) is 4.33. The summed E-state index contributed by atoms with van der Waals surface area (Å²) in [5.74, 6) is -0.0478. The zero-order valence-corrected chi connectivity index (χ0v) is 17.0. The van der Waals surface area contributed by atoms with Gasteiger partial charge >= 0.3 is 0 Å². The maximum Gasteiger partial charge on any atom is 0.224 e. The number of para-hydroxylation sites is 2. The van der Waals surface area contributed by atoms with Crippen LogP contribution in [-0.4, -0.2) is 11.7 Å². The third-order valence-electron chi connectivity index (χ3n) is 5.40. The predicted molar refractivity (Wildman–Crippen MR) is 112 cm³/mol. The smallest absolute Gasteiger partial charge is 0.224 e. The number of fused-ring (bicyclic) bond motifs is 1. The summed E-state index contributed by atoms with van der Waals surface area (Å²) in [5, 5.41) is 4.06. The highest BCUT2D eigenvalue weighted by Crippen LogP contribution is 2.48. The second-order valence-corrected chi connectivity index (χ2v) is 8.76. The van der Waals surface area contributed by atoms with Crippen molar-refractivity contribution in [3.63, 3.8) is 0 Å². The first-order valence-electron chi connectivity index (χ1n) is 9.44. The first-order chi connectivity index (χ1) is 13.3. The molecule has 1 aliphatic heterocycles. The summed E-state index contributed by atoms with van der Waals surface area (Å²) in [6, 6.07) is 14.6. The quantitative estimate of drug-likeness (QED) is 0.694. The van der Waals surface area contributed by atoms with E-state index in [9.17, 15) is 9.59 Å². The molecular weight excluding hydrogens is 372 g/mol. The van der Waals surface area contributed by atoms with E-state index in [0.29, 0.717) is 17.0 Å². The van der Waals surface area contributed by atoms with Crippen LogP contribution >= 0.6 is 11.6 Å². The molecule has 1 amide bonds. The summed E-state index contributed by atoms with van der Waals surface area (Å²) in [4.78, 5) is 27.9. The second-order valence-electron chi connectivity index (χ2n) is 8.32. The predicted octanol–water partition coefficient (Wildman–Crippen LogP) is 5.50. The van der Waals surface area contributed by atoms with Crippen LogP contribution in [0.15, 0.2) is 59.8 Å². The molecule has 28 heavy (non-hydrogen) atoms. The van der Waals surface area contributed by atoms with Gasteiger partial charge in [0.1, 0.15) is 0 Å². The molecule has 1 atom stereocenters. The molecule has 0 radical (unpaired) electrons. The summed E-state index contributed by atoms with van der Waals surface area (Å²) < 4.78 is 0. The fourth-order valence-corrected chi connectivity index (χ4v) is 4.53. The van der Waals surface area contributed by atoms with Gasteiger partial charge in [-0.2, -0.15) is 0 Å². The minimum absolute atomic E-state index is 0.0720.